The van der Waals surface area contributed by atoms with Gasteiger partial charge in [0.2, 0.25) is 0 Å². The van der Waals surface area contributed by atoms with Gasteiger partial charge in [-0.3, -0.25) is 0 Å². The zero-order chi connectivity index (χ0) is 20.7. The number of rotatable bonds is 6. The standard InChI is InChI=1S/C19H24FNO2.CH4O3S/c1-21-12-14(9-15-6-4-8-23-15)16-7-3-5-13-10-19(22-2)18(20)11-17(13)16;1-5(2,3)4/h4,6,8,10-11,14,16,21H,3,5,7,9,12H2,1-2H3;1H3,(H,2,3,4)/p-1. The maximum absolute atomic E-state index is 14.2. The molecule has 156 valence electrons. The number of benzene rings is 1. The lowest BCUT2D eigenvalue weighted by molar-refractivity contribution is 0.337. The van der Waals surface area contributed by atoms with E-state index in [2.05, 4.69) is 5.32 Å². The van der Waals surface area contributed by atoms with Crippen LogP contribution in [-0.2, 0) is 23.0 Å². The van der Waals surface area contributed by atoms with E-state index in [-0.39, 0.29) is 5.82 Å². The van der Waals surface area contributed by atoms with Crippen LogP contribution in [0.4, 0.5) is 4.39 Å². The number of nitrogens with one attached hydrogen (secondary N) is 1. The molecule has 1 aliphatic carbocycles. The molecule has 6 nitrogen and oxygen atoms in total. The van der Waals surface area contributed by atoms with Crippen molar-refractivity contribution in [1.82, 2.24) is 5.32 Å². The van der Waals surface area contributed by atoms with Gasteiger partial charge in [0.15, 0.2) is 11.6 Å². The summed E-state index contributed by atoms with van der Waals surface area (Å²) in [5.74, 6) is 1.81. The molecule has 1 aliphatic rings. The fourth-order valence-corrected chi connectivity index (χ4v) is 3.79. The van der Waals surface area contributed by atoms with Gasteiger partial charge in [0.05, 0.1) is 23.5 Å². The third-order valence-electron chi connectivity index (χ3n) is 4.85. The van der Waals surface area contributed by atoms with Gasteiger partial charge in [-0.15, -0.1) is 0 Å². The molecule has 8 heteroatoms. The van der Waals surface area contributed by atoms with Crippen molar-refractivity contribution >= 4 is 10.1 Å². The Labute approximate surface area is 165 Å². The van der Waals surface area contributed by atoms with Gasteiger partial charge in [-0.1, -0.05) is 0 Å². The van der Waals surface area contributed by atoms with Gasteiger partial charge in [-0.05, 0) is 80.1 Å². The molecule has 0 saturated heterocycles. The van der Waals surface area contributed by atoms with Crippen molar-refractivity contribution in [3.8, 4) is 5.75 Å². The normalized spacial score (nSPS) is 17.2. The monoisotopic (exact) mass is 412 g/mol. The van der Waals surface area contributed by atoms with Crippen LogP contribution in [0.25, 0.3) is 0 Å². The molecule has 28 heavy (non-hydrogen) atoms. The number of hydrogen-bond donors (Lipinski definition) is 1. The summed E-state index contributed by atoms with van der Waals surface area (Å²) in [5, 5.41) is 3.29. The van der Waals surface area contributed by atoms with Crippen LogP contribution in [-0.4, -0.2) is 39.9 Å². The minimum Gasteiger partial charge on any atom is -0.748 e. The average molecular weight is 413 g/mol. The summed E-state index contributed by atoms with van der Waals surface area (Å²) >= 11 is 0. The van der Waals surface area contributed by atoms with E-state index in [1.807, 2.05) is 25.2 Å². The SMILES string of the molecule is CNCC(Cc1ccco1)C1CCCc2cc(OC)c(F)cc21.CS(=O)(=O)[O-]. The Morgan fingerprint density at radius 3 is 2.71 bits per heavy atom. The molecule has 3 rings (SSSR count). The molecule has 1 N–H and O–H groups in total. The van der Waals surface area contributed by atoms with Gasteiger partial charge in [0, 0.05) is 12.7 Å². The molecule has 0 aliphatic heterocycles. The Morgan fingerprint density at radius 2 is 2.14 bits per heavy atom. The van der Waals surface area contributed by atoms with E-state index in [4.69, 9.17) is 22.1 Å². The Hall–Kier alpha value is -1.90. The second kappa shape index (κ2) is 10.0. The van der Waals surface area contributed by atoms with Crippen LogP contribution in [0.3, 0.4) is 0 Å². The van der Waals surface area contributed by atoms with Crippen LogP contribution < -0.4 is 10.1 Å². The first-order valence-corrected chi connectivity index (χ1v) is 11.0. The molecule has 0 bridgehead atoms. The highest BCUT2D eigenvalue weighted by molar-refractivity contribution is 7.84. The highest BCUT2D eigenvalue weighted by atomic mass is 32.2. The van der Waals surface area contributed by atoms with Gasteiger partial charge in [0.1, 0.15) is 5.76 Å². The van der Waals surface area contributed by atoms with Gasteiger partial charge in [-0.2, -0.15) is 0 Å². The van der Waals surface area contributed by atoms with Crippen LogP contribution in [0, 0.1) is 11.7 Å². The lowest BCUT2D eigenvalue weighted by Crippen LogP contribution is -2.29. The van der Waals surface area contributed by atoms with Gasteiger partial charge >= 0.3 is 0 Å². The van der Waals surface area contributed by atoms with E-state index < -0.39 is 10.1 Å². The van der Waals surface area contributed by atoms with E-state index in [1.165, 1.54) is 12.7 Å². The Balaban J connectivity index is 0.000000500. The third kappa shape index (κ3) is 6.61. The van der Waals surface area contributed by atoms with E-state index in [0.29, 0.717) is 23.8 Å². The maximum Gasteiger partial charge on any atom is 0.165 e. The number of fused-ring (bicyclic) bond motifs is 1. The van der Waals surface area contributed by atoms with Crippen molar-refractivity contribution in [3.05, 3.63) is 53.2 Å². The number of furan rings is 1. The van der Waals surface area contributed by atoms with Crippen molar-refractivity contribution in [1.29, 1.82) is 0 Å². The molecule has 2 unspecified atom stereocenters. The van der Waals surface area contributed by atoms with Crippen LogP contribution in [0.5, 0.6) is 5.75 Å². The van der Waals surface area contributed by atoms with Crippen molar-refractivity contribution in [2.45, 2.75) is 31.6 Å². The molecule has 1 aromatic carbocycles. The topological polar surface area (TPSA) is 91.6 Å². The van der Waals surface area contributed by atoms with Gasteiger partial charge in [0.25, 0.3) is 0 Å². The molecule has 1 aromatic heterocycles. The molecule has 0 amide bonds. The van der Waals surface area contributed by atoms with Crippen molar-refractivity contribution in [2.24, 2.45) is 5.92 Å². The summed E-state index contributed by atoms with van der Waals surface area (Å²) in [6, 6.07) is 7.50. The molecule has 0 radical (unpaired) electrons. The predicted octanol–water partition coefficient (Wildman–Crippen LogP) is 3.09. The van der Waals surface area contributed by atoms with Crippen LogP contribution in [0.15, 0.2) is 34.9 Å². The number of halogens is 1. The average Bonchev–Trinajstić information content (AvgIpc) is 3.12. The van der Waals surface area contributed by atoms with E-state index in [0.717, 1.165) is 43.6 Å². The quantitative estimate of drug-likeness (QED) is 0.733. The first-order valence-electron chi connectivity index (χ1n) is 9.17. The van der Waals surface area contributed by atoms with Crippen LogP contribution in [0.1, 0.15) is 35.6 Å². The lowest BCUT2D eigenvalue weighted by Gasteiger charge is -2.32. The summed E-state index contributed by atoms with van der Waals surface area (Å²) in [6.45, 7) is 0.887. The maximum atomic E-state index is 14.2. The number of methoxy groups -OCH3 is 1. The van der Waals surface area contributed by atoms with E-state index in [9.17, 15) is 4.39 Å². The smallest absolute Gasteiger partial charge is 0.165 e. The van der Waals surface area contributed by atoms with Crippen molar-refractivity contribution < 1.29 is 26.5 Å². The highest BCUT2D eigenvalue weighted by Gasteiger charge is 2.29. The Kier molecular flexibility index (Phi) is 8.03. The van der Waals surface area contributed by atoms with Crippen LogP contribution in [0.2, 0.25) is 0 Å². The fourth-order valence-electron chi connectivity index (χ4n) is 3.79. The molecule has 0 spiro atoms. The van der Waals surface area contributed by atoms with Gasteiger partial charge in [-0.25, -0.2) is 12.8 Å². The summed E-state index contributed by atoms with van der Waals surface area (Å²) in [7, 11) is -0.431. The Morgan fingerprint density at radius 1 is 1.43 bits per heavy atom. The van der Waals surface area contributed by atoms with Crippen molar-refractivity contribution in [3.63, 3.8) is 0 Å². The third-order valence-corrected chi connectivity index (χ3v) is 4.85. The molecular formula is C20H27FNO5S-. The molecular weight excluding hydrogens is 385 g/mol. The zero-order valence-electron chi connectivity index (χ0n) is 16.4. The van der Waals surface area contributed by atoms with Crippen molar-refractivity contribution in [2.75, 3.05) is 27.0 Å². The zero-order valence-corrected chi connectivity index (χ0v) is 17.2. The summed E-state index contributed by atoms with van der Waals surface area (Å²) < 4.78 is 52.1. The molecule has 0 saturated carbocycles. The van der Waals surface area contributed by atoms with Gasteiger partial charge < -0.3 is 19.0 Å². The number of aryl methyl sites for hydroxylation is 1. The lowest BCUT2D eigenvalue weighted by atomic mass is 9.74. The summed E-state index contributed by atoms with van der Waals surface area (Å²) in [5.41, 5.74) is 2.36. The first kappa shape index (κ1) is 22.4. The van der Waals surface area contributed by atoms with E-state index >= 15 is 0 Å². The van der Waals surface area contributed by atoms with Crippen LogP contribution >= 0.6 is 0 Å². The minimum absolute atomic E-state index is 0.264. The number of ether oxygens (including phenoxy) is 1. The highest BCUT2D eigenvalue weighted by Crippen LogP contribution is 2.40. The molecule has 1 heterocycles. The predicted molar refractivity (Wildman–Crippen MR) is 104 cm³/mol. The van der Waals surface area contributed by atoms with E-state index in [1.54, 1.807) is 12.3 Å². The molecule has 2 aromatic rings. The second-order valence-electron chi connectivity index (χ2n) is 6.99. The fraction of sp³-hybridized carbons (Fsp3) is 0.500. The largest absolute Gasteiger partial charge is 0.748 e. The Bertz CT molecular complexity index is 844. The summed E-state index contributed by atoms with van der Waals surface area (Å²) in [4.78, 5) is 0. The first-order chi connectivity index (χ1) is 13.2. The number of hydrogen-bond acceptors (Lipinski definition) is 6. The minimum atomic E-state index is -3.92. The molecule has 0 fully saturated rings. The summed E-state index contributed by atoms with van der Waals surface area (Å²) in [6.07, 6.45) is 6.40. The second-order valence-corrected chi connectivity index (χ2v) is 8.40. The molecule has 2 atom stereocenters.